The summed E-state index contributed by atoms with van der Waals surface area (Å²) in [4.78, 5) is 24.4. The van der Waals surface area contributed by atoms with E-state index in [1.54, 1.807) is 29.6 Å². The van der Waals surface area contributed by atoms with Gasteiger partial charge in [0, 0.05) is 30.4 Å². The first-order chi connectivity index (χ1) is 12.1. The SMILES string of the molecule is CC(=O)Cc1nc2c(s1)CCN(C(C)c1ccc3scnc3c1)CC2. The minimum atomic E-state index is 0.191. The maximum atomic E-state index is 11.3. The quantitative estimate of drug-likeness (QED) is 0.694. The van der Waals surface area contributed by atoms with Crippen LogP contribution in [0.3, 0.4) is 0 Å². The molecule has 4 rings (SSSR count). The summed E-state index contributed by atoms with van der Waals surface area (Å²) in [5, 5.41) is 0.980. The van der Waals surface area contributed by atoms with Crippen LogP contribution >= 0.6 is 22.7 Å². The molecule has 0 saturated heterocycles. The van der Waals surface area contributed by atoms with Crippen molar-refractivity contribution in [1.29, 1.82) is 0 Å². The predicted molar refractivity (Wildman–Crippen MR) is 104 cm³/mol. The Labute approximate surface area is 155 Å². The van der Waals surface area contributed by atoms with Crippen molar-refractivity contribution in [3.63, 3.8) is 0 Å². The minimum absolute atomic E-state index is 0.191. The molecule has 6 heteroatoms. The molecule has 0 amide bonds. The molecule has 3 aromatic rings. The van der Waals surface area contributed by atoms with Crippen LogP contribution in [0.25, 0.3) is 10.2 Å². The van der Waals surface area contributed by atoms with E-state index in [0.29, 0.717) is 12.5 Å². The van der Waals surface area contributed by atoms with Gasteiger partial charge in [-0.05, 0) is 38.0 Å². The number of carbonyl (C=O) groups is 1. The Morgan fingerprint density at radius 3 is 3.00 bits per heavy atom. The van der Waals surface area contributed by atoms with Gasteiger partial charge in [0.1, 0.15) is 10.8 Å². The Morgan fingerprint density at radius 2 is 2.16 bits per heavy atom. The van der Waals surface area contributed by atoms with Gasteiger partial charge >= 0.3 is 0 Å². The lowest BCUT2D eigenvalue weighted by molar-refractivity contribution is -0.116. The van der Waals surface area contributed by atoms with Gasteiger partial charge in [0.05, 0.1) is 27.8 Å². The fraction of sp³-hybridized carbons (Fsp3) is 0.421. The van der Waals surface area contributed by atoms with Gasteiger partial charge in [-0.1, -0.05) is 6.07 Å². The normalized spacial score (nSPS) is 16.6. The standard InChI is InChI=1S/C19H21N3OS2/c1-12(23)9-19-21-15-5-7-22(8-6-18(15)25-19)13(2)14-3-4-17-16(10-14)20-11-24-17/h3-4,10-11,13H,5-9H2,1-2H3. The summed E-state index contributed by atoms with van der Waals surface area (Å²) in [6.45, 7) is 5.95. The number of hydrogen-bond acceptors (Lipinski definition) is 6. The Bertz CT molecular complexity index is 889. The number of carbonyl (C=O) groups excluding carboxylic acids is 1. The number of hydrogen-bond donors (Lipinski definition) is 0. The molecule has 0 N–H and O–H groups in total. The third kappa shape index (κ3) is 3.52. The van der Waals surface area contributed by atoms with Gasteiger partial charge < -0.3 is 0 Å². The Kier molecular flexibility index (Phi) is 4.67. The van der Waals surface area contributed by atoms with Crippen molar-refractivity contribution < 1.29 is 4.79 Å². The fourth-order valence-electron chi connectivity index (χ4n) is 3.46. The lowest BCUT2D eigenvalue weighted by Gasteiger charge is -2.27. The average molecular weight is 372 g/mol. The Morgan fingerprint density at radius 1 is 1.32 bits per heavy atom. The summed E-state index contributed by atoms with van der Waals surface area (Å²) in [7, 11) is 0. The molecule has 1 unspecified atom stereocenters. The van der Waals surface area contributed by atoms with Gasteiger partial charge in [-0.25, -0.2) is 9.97 Å². The molecule has 0 fully saturated rings. The van der Waals surface area contributed by atoms with Crippen LogP contribution in [-0.4, -0.2) is 33.7 Å². The molecule has 1 aliphatic rings. The molecule has 0 aliphatic carbocycles. The van der Waals surface area contributed by atoms with Crippen LogP contribution in [0, 0.1) is 0 Å². The van der Waals surface area contributed by atoms with Crippen LogP contribution in [0.5, 0.6) is 0 Å². The van der Waals surface area contributed by atoms with Crippen LogP contribution in [0.4, 0.5) is 0 Å². The van der Waals surface area contributed by atoms with Gasteiger partial charge in [0.15, 0.2) is 0 Å². The van der Waals surface area contributed by atoms with E-state index in [1.807, 2.05) is 5.51 Å². The van der Waals surface area contributed by atoms with E-state index >= 15 is 0 Å². The molecule has 1 aliphatic heterocycles. The van der Waals surface area contributed by atoms with E-state index in [2.05, 4.69) is 35.0 Å². The smallest absolute Gasteiger partial charge is 0.136 e. The van der Waals surface area contributed by atoms with Crippen molar-refractivity contribution in [1.82, 2.24) is 14.9 Å². The number of ketones is 1. The summed E-state index contributed by atoms with van der Waals surface area (Å²) < 4.78 is 1.25. The van der Waals surface area contributed by atoms with Crippen molar-refractivity contribution in [2.24, 2.45) is 0 Å². The largest absolute Gasteiger partial charge is 0.300 e. The van der Waals surface area contributed by atoms with E-state index < -0.39 is 0 Å². The number of nitrogens with zero attached hydrogens (tertiary/aromatic N) is 3. The van der Waals surface area contributed by atoms with E-state index in [0.717, 1.165) is 36.5 Å². The molecule has 4 nitrogen and oxygen atoms in total. The Balaban J connectivity index is 1.49. The Hall–Kier alpha value is -1.63. The maximum Gasteiger partial charge on any atom is 0.136 e. The van der Waals surface area contributed by atoms with E-state index in [-0.39, 0.29) is 5.78 Å². The number of benzene rings is 1. The van der Waals surface area contributed by atoms with E-state index in [9.17, 15) is 4.79 Å². The topological polar surface area (TPSA) is 46.1 Å². The fourth-order valence-corrected chi connectivity index (χ4v) is 5.29. The van der Waals surface area contributed by atoms with Crippen molar-refractivity contribution in [2.45, 2.75) is 39.2 Å². The monoisotopic (exact) mass is 371 g/mol. The predicted octanol–water partition coefficient (Wildman–Crippen LogP) is 4.05. The summed E-state index contributed by atoms with van der Waals surface area (Å²) in [5.41, 5.74) is 5.53. The molecular formula is C19H21N3OS2. The van der Waals surface area contributed by atoms with Crippen LogP contribution in [0.1, 0.15) is 41.0 Å². The highest BCUT2D eigenvalue weighted by molar-refractivity contribution is 7.16. The first-order valence-electron chi connectivity index (χ1n) is 8.64. The van der Waals surface area contributed by atoms with Crippen molar-refractivity contribution >= 4 is 38.7 Å². The molecule has 3 heterocycles. The lowest BCUT2D eigenvalue weighted by atomic mass is 10.1. The van der Waals surface area contributed by atoms with Gasteiger partial charge in [-0.2, -0.15) is 0 Å². The molecule has 1 atom stereocenters. The molecule has 0 spiro atoms. The number of fused-ring (bicyclic) bond motifs is 2. The van der Waals surface area contributed by atoms with Crippen molar-refractivity contribution in [2.75, 3.05) is 13.1 Å². The zero-order chi connectivity index (χ0) is 17.4. The molecule has 2 aromatic heterocycles. The highest BCUT2D eigenvalue weighted by Gasteiger charge is 2.22. The molecule has 0 radical (unpaired) electrons. The molecule has 25 heavy (non-hydrogen) atoms. The molecule has 0 bridgehead atoms. The first-order valence-corrected chi connectivity index (χ1v) is 10.3. The molecule has 0 saturated carbocycles. The van der Waals surface area contributed by atoms with E-state index in [4.69, 9.17) is 4.98 Å². The summed E-state index contributed by atoms with van der Waals surface area (Å²) in [5.74, 6) is 0.191. The number of thiazole rings is 2. The highest BCUT2D eigenvalue weighted by Crippen LogP contribution is 2.29. The second-order valence-electron chi connectivity index (χ2n) is 6.65. The van der Waals surface area contributed by atoms with Crippen molar-refractivity contribution in [3.05, 3.63) is 44.9 Å². The summed E-state index contributed by atoms with van der Waals surface area (Å²) in [6.07, 6.45) is 2.46. The van der Waals surface area contributed by atoms with Crippen LogP contribution in [0.15, 0.2) is 23.7 Å². The van der Waals surface area contributed by atoms with Gasteiger partial charge in [0.2, 0.25) is 0 Å². The van der Waals surface area contributed by atoms with Crippen molar-refractivity contribution in [3.8, 4) is 0 Å². The second kappa shape index (κ2) is 6.94. The van der Waals surface area contributed by atoms with Gasteiger partial charge in [0.25, 0.3) is 0 Å². The number of aromatic nitrogens is 2. The second-order valence-corrected chi connectivity index (χ2v) is 8.70. The first kappa shape index (κ1) is 16.8. The van der Waals surface area contributed by atoms with Gasteiger partial charge in [-0.3, -0.25) is 9.69 Å². The number of Topliss-reactive ketones (excluding diaryl/α,β-unsaturated/α-hetero) is 1. The number of rotatable bonds is 4. The minimum Gasteiger partial charge on any atom is -0.300 e. The van der Waals surface area contributed by atoms with Gasteiger partial charge in [-0.15, -0.1) is 22.7 Å². The zero-order valence-corrected chi connectivity index (χ0v) is 16.1. The van der Waals surface area contributed by atoms with E-state index in [1.165, 1.54) is 20.8 Å². The third-order valence-electron chi connectivity index (χ3n) is 4.87. The highest BCUT2D eigenvalue weighted by atomic mass is 32.1. The molecule has 130 valence electrons. The lowest BCUT2D eigenvalue weighted by Crippen LogP contribution is -2.29. The average Bonchev–Trinajstić information content (AvgIpc) is 3.15. The summed E-state index contributed by atoms with van der Waals surface area (Å²) >= 11 is 3.41. The van der Waals surface area contributed by atoms with Crippen LogP contribution in [-0.2, 0) is 24.1 Å². The van der Waals surface area contributed by atoms with Crippen LogP contribution in [0.2, 0.25) is 0 Å². The third-order valence-corrected chi connectivity index (χ3v) is 6.84. The summed E-state index contributed by atoms with van der Waals surface area (Å²) in [6, 6.07) is 7.01. The molecular weight excluding hydrogens is 350 g/mol. The molecule has 1 aromatic carbocycles. The zero-order valence-electron chi connectivity index (χ0n) is 14.5. The van der Waals surface area contributed by atoms with Crippen LogP contribution < -0.4 is 0 Å². The maximum absolute atomic E-state index is 11.3.